The molecular weight excluding hydrogens is 320 g/mol. The van der Waals surface area contributed by atoms with Gasteiger partial charge in [-0.2, -0.15) is 0 Å². The van der Waals surface area contributed by atoms with Crippen LogP contribution in [0.4, 0.5) is 0 Å². The maximum absolute atomic E-state index is 12.5. The lowest BCUT2D eigenvalue weighted by Crippen LogP contribution is -2.58. The predicted molar refractivity (Wildman–Crippen MR) is 90.8 cm³/mol. The number of likely N-dealkylation sites (tertiary alicyclic amines) is 2. The first-order valence-electron chi connectivity index (χ1n) is 9.42. The highest BCUT2D eigenvalue weighted by molar-refractivity contribution is 5.92. The maximum atomic E-state index is 12.5. The summed E-state index contributed by atoms with van der Waals surface area (Å²) in [5.41, 5.74) is 0.372. The van der Waals surface area contributed by atoms with Gasteiger partial charge in [0.05, 0.1) is 0 Å². The number of nitrogens with one attached hydrogen (secondary N) is 1. The van der Waals surface area contributed by atoms with Crippen molar-refractivity contribution in [2.45, 2.75) is 38.1 Å². The van der Waals surface area contributed by atoms with Crippen molar-refractivity contribution in [3.8, 4) is 0 Å². The molecule has 4 rings (SSSR count). The molecule has 7 heteroatoms. The number of aromatic nitrogens is 1. The first-order valence-corrected chi connectivity index (χ1v) is 9.42. The van der Waals surface area contributed by atoms with E-state index in [-0.39, 0.29) is 11.9 Å². The Bertz CT molecular complexity index is 612. The van der Waals surface area contributed by atoms with Crippen LogP contribution in [-0.2, 0) is 4.79 Å². The van der Waals surface area contributed by atoms with Gasteiger partial charge in [-0.1, -0.05) is 5.16 Å². The molecule has 0 spiro atoms. The van der Waals surface area contributed by atoms with Crippen molar-refractivity contribution < 1.29 is 14.1 Å². The molecule has 4 heterocycles. The molecule has 1 N–H and O–H groups in total. The zero-order chi connectivity index (χ0) is 17.2. The van der Waals surface area contributed by atoms with Crippen LogP contribution in [-0.4, -0.2) is 65.5 Å². The average Bonchev–Trinajstić information content (AvgIpc) is 3.19. The second-order valence-electron chi connectivity index (χ2n) is 7.53. The standard InChI is InChI=1S/C18H26N4O3/c23-17-2-1-14-12-21(18(24)15-6-10-25-20-15)9-5-16(14)22(17)11-13-3-7-19-8-4-13/h6,10,13-14,16,19H,1-5,7-9,11-12H2/t14-,16+/m0/s1. The van der Waals surface area contributed by atoms with Crippen LogP contribution in [0, 0.1) is 11.8 Å². The van der Waals surface area contributed by atoms with Gasteiger partial charge in [0.25, 0.3) is 5.91 Å². The Hall–Kier alpha value is -1.89. The minimum absolute atomic E-state index is 0.0611. The molecule has 1 aromatic heterocycles. The van der Waals surface area contributed by atoms with E-state index in [2.05, 4.69) is 15.4 Å². The minimum Gasteiger partial charge on any atom is -0.364 e. The van der Waals surface area contributed by atoms with E-state index in [1.54, 1.807) is 6.07 Å². The first kappa shape index (κ1) is 16.6. The fourth-order valence-corrected chi connectivity index (χ4v) is 4.60. The summed E-state index contributed by atoms with van der Waals surface area (Å²) in [5, 5.41) is 7.15. The molecule has 25 heavy (non-hydrogen) atoms. The highest BCUT2D eigenvalue weighted by atomic mass is 16.5. The van der Waals surface area contributed by atoms with Crippen molar-refractivity contribution in [3.05, 3.63) is 18.0 Å². The third-order valence-electron chi connectivity index (χ3n) is 6.00. The number of nitrogens with zero attached hydrogens (tertiary/aromatic N) is 3. The van der Waals surface area contributed by atoms with Crippen molar-refractivity contribution in [1.29, 1.82) is 0 Å². The van der Waals surface area contributed by atoms with E-state index in [0.29, 0.717) is 42.9 Å². The molecule has 3 saturated heterocycles. The maximum Gasteiger partial charge on any atom is 0.276 e. The van der Waals surface area contributed by atoms with Crippen LogP contribution < -0.4 is 5.32 Å². The number of piperidine rings is 3. The smallest absolute Gasteiger partial charge is 0.276 e. The number of carbonyl (C=O) groups excluding carboxylic acids is 2. The molecule has 3 fully saturated rings. The number of fused-ring (bicyclic) bond motifs is 1. The molecule has 0 aromatic carbocycles. The molecule has 0 radical (unpaired) electrons. The summed E-state index contributed by atoms with van der Waals surface area (Å²) in [6.45, 7) is 4.40. The number of amides is 2. The van der Waals surface area contributed by atoms with Gasteiger partial charge in [0.1, 0.15) is 6.26 Å². The minimum atomic E-state index is -0.0611. The fraction of sp³-hybridized carbons (Fsp3) is 0.722. The number of hydrogen-bond acceptors (Lipinski definition) is 5. The van der Waals surface area contributed by atoms with Gasteiger partial charge in [-0.05, 0) is 50.6 Å². The Morgan fingerprint density at radius 3 is 2.88 bits per heavy atom. The van der Waals surface area contributed by atoms with Crippen LogP contribution in [0.25, 0.3) is 0 Å². The highest BCUT2D eigenvalue weighted by Crippen LogP contribution is 2.33. The van der Waals surface area contributed by atoms with Crippen molar-refractivity contribution >= 4 is 11.8 Å². The molecule has 0 unspecified atom stereocenters. The summed E-state index contributed by atoms with van der Waals surface area (Å²) < 4.78 is 4.79. The SMILES string of the molecule is O=C(c1ccon1)N1CC[C@@H]2[C@@H](CCC(=O)N2CC2CCNCC2)C1. The van der Waals surface area contributed by atoms with E-state index in [0.717, 1.165) is 45.3 Å². The van der Waals surface area contributed by atoms with Crippen LogP contribution in [0.3, 0.4) is 0 Å². The fourth-order valence-electron chi connectivity index (χ4n) is 4.60. The predicted octanol–water partition coefficient (Wildman–Crippen LogP) is 1.13. The summed E-state index contributed by atoms with van der Waals surface area (Å²) >= 11 is 0. The topological polar surface area (TPSA) is 78.7 Å². The summed E-state index contributed by atoms with van der Waals surface area (Å²) in [6.07, 6.45) is 6.09. The molecule has 0 saturated carbocycles. The summed E-state index contributed by atoms with van der Waals surface area (Å²) in [7, 11) is 0. The molecule has 2 atom stereocenters. The Labute approximate surface area is 147 Å². The second-order valence-corrected chi connectivity index (χ2v) is 7.53. The van der Waals surface area contributed by atoms with Crippen molar-refractivity contribution in [2.75, 3.05) is 32.7 Å². The van der Waals surface area contributed by atoms with Gasteiger partial charge in [-0.3, -0.25) is 9.59 Å². The Balaban J connectivity index is 1.41. The molecule has 7 nitrogen and oxygen atoms in total. The van der Waals surface area contributed by atoms with E-state index < -0.39 is 0 Å². The quantitative estimate of drug-likeness (QED) is 0.887. The monoisotopic (exact) mass is 346 g/mol. The number of rotatable bonds is 3. The second kappa shape index (κ2) is 7.15. The molecule has 3 aliphatic heterocycles. The van der Waals surface area contributed by atoms with Gasteiger partial charge in [0, 0.05) is 38.2 Å². The van der Waals surface area contributed by atoms with E-state index in [1.807, 2.05) is 4.90 Å². The van der Waals surface area contributed by atoms with Gasteiger partial charge in [-0.25, -0.2) is 0 Å². The van der Waals surface area contributed by atoms with E-state index in [9.17, 15) is 9.59 Å². The van der Waals surface area contributed by atoms with Crippen molar-refractivity contribution in [1.82, 2.24) is 20.3 Å². The van der Waals surface area contributed by atoms with E-state index in [1.165, 1.54) is 6.26 Å². The normalized spacial score (nSPS) is 28.1. The molecule has 0 aliphatic carbocycles. The Morgan fingerprint density at radius 1 is 1.28 bits per heavy atom. The molecule has 2 amide bonds. The number of hydrogen-bond donors (Lipinski definition) is 1. The van der Waals surface area contributed by atoms with E-state index in [4.69, 9.17) is 4.52 Å². The molecule has 1 aromatic rings. The van der Waals surface area contributed by atoms with Crippen molar-refractivity contribution in [2.24, 2.45) is 11.8 Å². The lowest BCUT2D eigenvalue weighted by molar-refractivity contribution is -0.141. The largest absolute Gasteiger partial charge is 0.364 e. The van der Waals surface area contributed by atoms with Gasteiger partial charge >= 0.3 is 0 Å². The van der Waals surface area contributed by atoms with Crippen LogP contribution in [0.15, 0.2) is 16.9 Å². The molecule has 136 valence electrons. The van der Waals surface area contributed by atoms with Gasteiger partial charge < -0.3 is 19.6 Å². The number of carbonyl (C=O) groups is 2. The third kappa shape index (κ3) is 3.42. The zero-order valence-electron chi connectivity index (χ0n) is 14.5. The average molecular weight is 346 g/mol. The first-order chi connectivity index (χ1) is 12.2. The highest BCUT2D eigenvalue weighted by Gasteiger charge is 2.41. The van der Waals surface area contributed by atoms with Gasteiger partial charge in [0.15, 0.2) is 5.69 Å². The summed E-state index contributed by atoms with van der Waals surface area (Å²) in [6, 6.07) is 1.90. The Morgan fingerprint density at radius 2 is 2.12 bits per heavy atom. The lowest BCUT2D eigenvalue weighted by Gasteiger charge is -2.48. The van der Waals surface area contributed by atoms with Crippen LogP contribution >= 0.6 is 0 Å². The molecular formula is C18H26N4O3. The van der Waals surface area contributed by atoms with Gasteiger partial charge in [-0.15, -0.1) is 0 Å². The van der Waals surface area contributed by atoms with Crippen LogP contribution in [0.5, 0.6) is 0 Å². The van der Waals surface area contributed by atoms with Crippen molar-refractivity contribution in [3.63, 3.8) is 0 Å². The van der Waals surface area contributed by atoms with Crippen LogP contribution in [0.2, 0.25) is 0 Å². The molecule has 0 bridgehead atoms. The Kier molecular flexibility index (Phi) is 4.74. The van der Waals surface area contributed by atoms with Gasteiger partial charge in [0.2, 0.25) is 5.91 Å². The van der Waals surface area contributed by atoms with E-state index >= 15 is 0 Å². The zero-order valence-corrected chi connectivity index (χ0v) is 14.5. The summed E-state index contributed by atoms with van der Waals surface area (Å²) in [4.78, 5) is 29.1. The molecule has 3 aliphatic rings. The van der Waals surface area contributed by atoms with Crippen LogP contribution in [0.1, 0.15) is 42.6 Å². The summed E-state index contributed by atoms with van der Waals surface area (Å²) in [5.74, 6) is 1.23. The third-order valence-corrected chi connectivity index (χ3v) is 6.00. The lowest BCUT2D eigenvalue weighted by atomic mass is 9.82.